The maximum atomic E-state index is 13.7. The number of carbonyl (C=O) groups is 1. The molecule has 0 radical (unpaired) electrons. The first-order chi connectivity index (χ1) is 11.1. The van der Waals surface area contributed by atoms with Crippen LogP contribution in [0.4, 0.5) is 10.1 Å². The van der Waals surface area contributed by atoms with Crippen molar-refractivity contribution in [3.8, 4) is 5.69 Å². The highest BCUT2D eigenvalue weighted by Gasteiger charge is 2.08. The van der Waals surface area contributed by atoms with E-state index in [1.54, 1.807) is 19.1 Å². The molecule has 4 heteroatoms. The summed E-state index contributed by atoms with van der Waals surface area (Å²) in [5.41, 5.74) is 2.94. The van der Waals surface area contributed by atoms with Crippen molar-refractivity contribution in [1.82, 2.24) is 4.57 Å². The van der Waals surface area contributed by atoms with Gasteiger partial charge in [-0.1, -0.05) is 18.2 Å². The first-order valence-electron chi connectivity index (χ1n) is 7.40. The standard InChI is InChI=1S/C19H17FN2O/c1-14-4-9-18(17(20)12-14)21-19(23)13-15-5-7-16(8-6-15)22-10-2-3-11-22/h2-12H,13H2,1H3,(H,21,23). The number of hydrogen-bond donors (Lipinski definition) is 1. The average Bonchev–Trinajstić information content (AvgIpc) is 3.05. The number of nitrogens with one attached hydrogen (secondary N) is 1. The molecule has 116 valence electrons. The lowest BCUT2D eigenvalue weighted by molar-refractivity contribution is -0.115. The summed E-state index contributed by atoms with van der Waals surface area (Å²) in [6.45, 7) is 1.81. The Labute approximate surface area is 134 Å². The Morgan fingerprint density at radius 3 is 2.43 bits per heavy atom. The van der Waals surface area contributed by atoms with E-state index in [0.717, 1.165) is 16.8 Å². The molecule has 0 aliphatic rings. The second-order valence-electron chi connectivity index (χ2n) is 5.47. The van der Waals surface area contributed by atoms with E-state index in [-0.39, 0.29) is 18.0 Å². The lowest BCUT2D eigenvalue weighted by Crippen LogP contribution is -2.15. The number of carbonyl (C=O) groups excluding carboxylic acids is 1. The highest BCUT2D eigenvalue weighted by Crippen LogP contribution is 2.16. The van der Waals surface area contributed by atoms with E-state index in [2.05, 4.69) is 5.32 Å². The summed E-state index contributed by atoms with van der Waals surface area (Å²) in [7, 11) is 0. The Morgan fingerprint density at radius 2 is 1.78 bits per heavy atom. The van der Waals surface area contributed by atoms with Gasteiger partial charge in [0.2, 0.25) is 5.91 Å². The first kappa shape index (κ1) is 15.0. The van der Waals surface area contributed by atoms with Crippen LogP contribution in [-0.2, 0) is 11.2 Å². The smallest absolute Gasteiger partial charge is 0.228 e. The van der Waals surface area contributed by atoms with Gasteiger partial charge in [0.05, 0.1) is 12.1 Å². The van der Waals surface area contributed by atoms with Gasteiger partial charge in [-0.3, -0.25) is 4.79 Å². The molecule has 1 amide bonds. The molecular formula is C19H17FN2O. The van der Waals surface area contributed by atoms with Crippen LogP contribution >= 0.6 is 0 Å². The van der Waals surface area contributed by atoms with Crippen LogP contribution < -0.4 is 5.32 Å². The normalized spacial score (nSPS) is 10.5. The van der Waals surface area contributed by atoms with Gasteiger partial charge >= 0.3 is 0 Å². The van der Waals surface area contributed by atoms with Gasteiger partial charge in [-0.15, -0.1) is 0 Å². The van der Waals surface area contributed by atoms with Crippen LogP contribution in [0.2, 0.25) is 0 Å². The molecule has 0 saturated heterocycles. The second kappa shape index (κ2) is 6.48. The van der Waals surface area contributed by atoms with Crippen molar-refractivity contribution in [3.63, 3.8) is 0 Å². The molecule has 0 unspecified atom stereocenters. The fourth-order valence-electron chi connectivity index (χ4n) is 2.39. The Hall–Kier alpha value is -2.88. The molecule has 23 heavy (non-hydrogen) atoms. The summed E-state index contributed by atoms with van der Waals surface area (Å²) in [5.74, 6) is -0.650. The Kier molecular flexibility index (Phi) is 4.24. The van der Waals surface area contributed by atoms with Gasteiger partial charge in [-0.05, 0) is 54.4 Å². The largest absolute Gasteiger partial charge is 0.324 e. The lowest BCUT2D eigenvalue weighted by atomic mass is 10.1. The number of amides is 1. The van der Waals surface area contributed by atoms with Crippen molar-refractivity contribution in [2.24, 2.45) is 0 Å². The van der Waals surface area contributed by atoms with Crippen molar-refractivity contribution < 1.29 is 9.18 Å². The van der Waals surface area contributed by atoms with E-state index in [1.165, 1.54) is 6.07 Å². The minimum absolute atomic E-state index is 0.208. The number of halogens is 1. The molecule has 0 atom stereocenters. The van der Waals surface area contributed by atoms with Crippen molar-refractivity contribution >= 4 is 11.6 Å². The quantitative estimate of drug-likeness (QED) is 0.773. The van der Waals surface area contributed by atoms with Gasteiger partial charge < -0.3 is 9.88 Å². The molecule has 0 bridgehead atoms. The lowest BCUT2D eigenvalue weighted by Gasteiger charge is -2.08. The van der Waals surface area contributed by atoms with E-state index in [4.69, 9.17) is 0 Å². The molecule has 3 aromatic rings. The summed E-state index contributed by atoms with van der Waals surface area (Å²) in [4.78, 5) is 12.0. The fraction of sp³-hybridized carbons (Fsp3) is 0.105. The Morgan fingerprint density at radius 1 is 1.09 bits per heavy atom. The van der Waals surface area contributed by atoms with Crippen molar-refractivity contribution in [1.29, 1.82) is 0 Å². The maximum Gasteiger partial charge on any atom is 0.228 e. The first-order valence-corrected chi connectivity index (χ1v) is 7.40. The van der Waals surface area contributed by atoms with Crippen LogP contribution in [0.1, 0.15) is 11.1 Å². The molecule has 3 rings (SSSR count). The van der Waals surface area contributed by atoms with Crippen LogP contribution in [0.25, 0.3) is 5.69 Å². The van der Waals surface area contributed by atoms with Crippen molar-refractivity contribution in [2.75, 3.05) is 5.32 Å². The van der Waals surface area contributed by atoms with Gasteiger partial charge in [-0.2, -0.15) is 0 Å². The zero-order valence-corrected chi connectivity index (χ0v) is 12.8. The van der Waals surface area contributed by atoms with Crippen LogP contribution in [0, 0.1) is 12.7 Å². The molecule has 1 N–H and O–H groups in total. The molecule has 0 saturated carbocycles. The molecule has 0 spiro atoms. The molecule has 2 aromatic carbocycles. The third-order valence-corrected chi connectivity index (χ3v) is 3.60. The summed E-state index contributed by atoms with van der Waals surface area (Å²) in [5, 5.41) is 2.61. The highest BCUT2D eigenvalue weighted by molar-refractivity contribution is 5.92. The van der Waals surface area contributed by atoms with Gasteiger partial charge in [0, 0.05) is 18.1 Å². The minimum Gasteiger partial charge on any atom is -0.324 e. The highest BCUT2D eigenvalue weighted by atomic mass is 19.1. The average molecular weight is 308 g/mol. The third-order valence-electron chi connectivity index (χ3n) is 3.60. The maximum absolute atomic E-state index is 13.7. The Bertz CT molecular complexity index is 808. The van der Waals surface area contributed by atoms with Gasteiger partial charge in [0.15, 0.2) is 0 Å². The Balaban J connectivity index is 1.66. The SMILES string of the molecule is Cc1ccc(NC(=O)Cc2ccc(-n3cccc3)cc2)c(F)c1. The molecule has 1 aromatic heterocycles. The summed E-state index contributed by atoms with van der Waals surface area (Å²) < 4.78 is 15.7. The summed E-state index contributed by atoms with van der Waals surface area (Å²) >= 11 is 0. The van der Waals surface area contributed by atoms with Crippen molar-refractivity contribution in [3.05, 3.63) is 83.9 Å². The third kappa shape index (κ3) is 3.66. The van der Waals surface area contributed by atoms with Crippen LogP contribution in [0.15, 0.2) is 67.0 Å². The number of rotatable bonds is 4. The number of hydrogen-bond acceptors (Lipinski definition) is 1. The summed E-state index contributed by atoms with van der Waals surface area (Å²) in [6.07, 6.45) is 4.13. The topological polar surface area (TPSA) is 34.0 Å². The zero-order chi connectivity index (χ0) is 16.2. The number of aryl methyl sites for hydroxylation is 1. The number of nitrogens with zero attached hydrogens (tertiary/aromatic N) is 1. The zero-order valence-electron chi connectivity index (χ0n) is 12.8. The monoisotopic (exact) mass is 308 g/mol. The fourth-order valence-corrected chi connectivity index (χ4v) is 2.39. The molecule has 0 aliphatic carbocycles. The van der Waals surface area contributed by atoms with E-state index >= 15 is 0 Å². The van der Waals surface area contributed by atoms with E-state index < -0.39 is 5.82 Å². The van der Waals surface area contributed by atoms with E-state index in [1.807, 2.05) is 53.4 Å². The molecule has 0 fully saturated rings. The van der Waals surface area contributed by atoms with Crippen LogP contribution in [0.5, 0.6) is 0 Å². The second-order valence-corrected chi connectivity index (χ2v) is 5.47. The molecule has 1 heterocycles. The number of aromatic nitrogens is 1. The van der Waals surface area contributed by atoms with Crippen LogP contribution in [0.3, 0.4) is 0 Å². The van der Waals surface area contributed by atoms with Crippen molar-refractivity contribution in [2.45, 2.75) is 13.3 Å². The van der Waals surface area contributed by atoms with Gasteiger partial charge in [-0.25, -0.2) is 4.39 Å². The summed E-state index contributed by atoms with van der Waals surface area (Å²) in [6, 6.07) is 16.4. The molecular weight excluding hydrogens is 291 g/mol. The van der Waals surface area contributed by atoms with Gasteiger partial charge in [0.1, 0.15) is 5.82 Å². The minimum atomic E-state index is -0.415. The van der Waals surface area contributed by atoms with Crippen LogP contribution in [-0.4, -0.2) is 10.5 Å². The van der Waals surface area contributed by atoms with Gasteiger partial charge in [0.25, 0.3) is 0 Å². The molecule has 3 nitrogen and oxygen atoms in total. The predicted octanol–water partition coefficient (Wildman–Crippen LogP) is 4.11. The number of benzene rings is 2. The van der Waals surface area contributed by atoms with E-state index in [9.17, 15) is 9.18 Å². The van der Waals surface area contributed by atoms with E-state index in [0.29, 0.717) is 0 Å². The number of anilines is 1. The molecule has 0 aliphatic heterocycles. The predicted molar refractivity (Wildman–Crippen MR) is 89.2 cm³/mol.